The zero-order chi connectivity index (χ0) is 16.8. The molecule has 1 nitrogen and oxygen atoms in total. The van der Waals surface area contributed by atoms with Crippen LogP contribution in [0.15, 0.2) is 4.99 Å². The van der Waals surface area contributed by atoms with E-state index in [1.54, 1.807) is 11.8 Å². The van der Waals surface area contributed by atoms with Crippen molar-refractivity contribution in [2.45, 2.75) is 117 Å². The Morgan fingerprint density at radius 2 is 0.957 bits per heavy atom. The van der Waals surface area contributed by atoms with Gasteiger partial charge in [0.1, 0.15) is 0 Å². The van der Waals surface area contributed by atoms with E-state index in [0.29, 0.717) is 0 Å². The molecule has 0 unspecified atom stereocenters. The summed E-state index contributed by atoms with van der Waals surface area (Å²) in [5, 5.41) is 0. The van der Waals surface area contributed by atoms with Crippen LogP contribution in [0, 0.1) is 0 Å². The van der Waals surface area contributed by atoms with Gasteiger partial charge in [-0.3, -0.25) is 4.99 Å². The minimum Gasteiger partial charge on any atom is -0.286 e. The van der Waals surface area contributed by atoms with Gasteiger partial charge in [-0.2, -0.15) is 0 Å². The minimum absolute atomic E-state index is 1.03. The lowest BCUT2D eigenvalue weighted by Crippen LogP contribution is -1.85. The molecule has 0 heterocycles. The normalized spacial score (nSPS) is 11.6. The van der Waals surface area contributed by atoms with Gasteiger partial charge in [-0.05, 0) is 12.2 Å². The molecule has 2 heteroatoms. The molecular weight excluding hydrogens is 298 g/mol. The third kappa shape index (κ3) is 22.0. The Bertz CT molecular complexity index is 228. The van der Waals surface area contributed by atoms with Crippen molar-refractivity contribution in [3.05, 3.63) is 0 Å². The fourth-order valence-electron chi connectivity index (χ4n) is 2.93. The lowest BCUT2D eigenvalue weighted by molar-refractivity contribution is 0.530. The highest BCUT2D eigenvalue weighted by Crippen LogP contribution is 2.13. The monoisotopic (exact) mass is 341 g/mol. The molecule has 0 aromatic heterocycles. The molecule has 0 bridgehead atoms. The van der Waals surface area contributed by atoms with Crippen LogP contribution in [0.3, 0.4) is 0 Å². The number of nitrogens with zero attached hydrogens (tertiary/aromatic N) is 1. The predicted molar refractivity (Wildman–Crippen MR) is 111 cm³/mol. The minimum atomic E-state index is 1.03. The highest BCUT2D eigenvalue weighted by atomic mass is 32.2. The third-order valence-corrected chi connectivity index (χ3v) is 5.09. The number of hydrogen-bond acceptors (Lipinski definition) is 2. The van der Waals surface area contributed by atoms with Gasteiger partial charge in [0.15, 0.2) is 0 Å². The van der Waals surface area contributed by atoms with Crippen molar-refractivity contribution in [3.8, 4) is 0 Å². The van der Waals surface area contributed by atoms with Gasteiger partial charge in [-0.1, -0.05) is 110 Å². The van der Waals surface area contributed by atoms with Gasteiger partial charge in [0.05, 0.1) is 5.55 Å². The molecule has 0 radical (unpaired) electrons. The molecule has 138 valence electrons. The lowest BCUT2D eigenvalue weighted by Gasteiger charge is -2.03. The summed E-state index contributed by atoms with van der Waals surface area (Å²) in [6, 6.07) is 0. The summed E-state index contributed by atoms with van der Waals surface area (Å²) in [6.07, 6.45) is 23.0. The van der Waals surface area contributed by atoms with Crippen molar-refractivity contribution >= 4 is 17.3 Å². The average Bonchev–Trinajstić information content (AvgIpc) is 2.57. The largest absolute Gasteiger partial charge is 0.286 e. The van der Waals surface area contributed by atoms with E-state index in [-0.39, 0.29) is 0 Å². The highest BCUT2D eigenvalue weighted by Gasteiger charge is 1.94. The standard InChI is InChI=1S/C21H43NS/c1-3-5-6-7-8-9-10-11-12-13-14-15-16-17-18-19-20-22-21-23-4-2/h21H,3-20H2,1-2H3. The van der Waals surface area contributed by atoms with Crippen molar-refractivity contribution in [1.29, 1.82) is 0 Å². The number of aliphatic imine (C=N–C) groups is 1. The topological polar surface area (TPSA) is 12.4 Å². The quantitative estimate of drug-likeness (QED) is 0.131. The Labute approximate surface area is 151 Å². The van der Waals surface area contributed by atoms with Crippen LogP contribution in [0.1, 0.15) is 117 Å². The molecule has 0 fully saturated rings. The van der Waals surface area contributed by atoms with E-state index in [4.69, 9.17) is 0 Å². The second kappa shape index (κ2) is 22.0. The summed E-state index contributed by atoms with van der Waals surface area (Å²) in [5.41, 5.74) is 2.02. The number of thioether (sulfide) groups is 1. The van der Waals surface area contributed by atoms with Gasteiger partial charge >= 0.3 is 0 Å². The fourth-order valence-corrected chi connectivity index (χ4v) is 3.29. The summed E-state index contributed by atoms with van der Waals surface area (Å²) in [5.74, 6) is 1.14. The van der Waals surface area contributed by atoms with Gasteiger partial charge in [-0.15, -0.1) is 11.8 Å². The van der Waals surface area contributed by atoms with Crippen molar-refractivity contribution in [2.75, 3.05) is 12.3 Å². The van der Waals surface area contributed by atoms with Crippen LogP contribution in [-0.4, -0.2) is 17.8 Å². The molecule has 0 aliphatic carbocycles. The van der Waals surface area contributed by atoms with E-state index in [1.807, 2.05) is 5.55 Å². The van der Waals surface area contributed by atoms with Gasteiger partial charge < -0.3 is 0 Å². The maximum atomic E-state index is 4.40. The molecule has 0 atom stereocenters. The van der Waals surface area contributed by atoms with Crippen LogP contribution in [0.25, 0.3) is 0 Å². The molecule has 0 amide bonds. The Morgan fingerprint density at radius 3 is 1.35 bits per heavy atom. The van der Waals surface area contributed by atoms with Crippen molar-refractivity contribution in [3.63, 3.8) is 0 Å². The summed E-state index contributed by atoms with van der Waals surface area (Å²) >= 11 is 1.80. The average molecular weight is 342 g/mol. The van der Waals surface area contributed by atoms with Gasteiger partial charge in [-0.25, -0.2) is 0 Å². The maximum Gasteiger partial charge on any atom is 0.0540 e. The Morgan fingerprint density at radius 1 is 0.565 bits per heavy atom. The summed E-state index contributed by atoms with van der Waals surface area (Å²) in [7, 11) is 0. The second-order valence-corrected chi connectivity index (χ2v) is 7.89. The van der Waals surface area contributed by atoms with Crippen molar-refractivity contribution in [1.82, 2.24) is 0 Å². The SMILES string of the molecule is CCCCCCCCCCCCCCCCCCN=CSCC. The van der Waals surface area contributed by atoms with E-state index < -0.39 is 0 Å². The van der Waals surface area contributed by atoms with E-state index in [1.165, 1.54) is 103 Å². The Kier molecular flexibility index (Phi) is 22.0. The smallest absolute Gasteiger partial charge is 0.0540 e. The fraction of sp³-hybridized carbons (Fsp3) is 0.952. The van der Waals surface area contributed by atoms with E-state index in [9.17, 15) is 0 Å². The highest BCUT2D eigenvalue weighted by molar-refractivity contribution is 8.12. The molecule has 0 saturated heterocycles. The summed E-state index contributed by atoms with van der Waals surface area (Å²) < 4.78 is 0. The van der Waals surface area contributed by atoms with Gasteiger partial charge in [0.2, 0.25) is 0 Å². The second-order valence-electron chi connectivity index (χ2n) is 6.77. The number of unbranched alkanes of at least 4 members (excludes halogenated alkanes) is 15. The molecule has 0 rings (SSSR count). The summed E-state index contributed by atoms with van der Waals surface area (Å²) in [6.45, 7) is 5.50. The molecule has 0 saturated carbocycles. The Hall–Kier alpha value is 0.0200. The molecule has 0 N–H and O–H groups in total. The first-order chi connectivity index (χ1) is 11.4. The molecule has 0 aromatic carbocycles. The van der Waals surface area contributed by atoms with E-state index >= 15 is 0 Å². The zero-order valence-corrected chi connectivity index (χ0v) is 17.0. The maximum absolute atomic E-state index is 4.40. The number of hydrogen-bond donors (Lipinski definition) is 0. The molecule has 23 heavy (non-hydrogen) atoms. The van der Waals surface area contributed by atoms with E-state index in [2.05, 4.69) is 18.8 Å². The first-order valence-corrected chi connectivity index (χ1v) is 11.6. The van der Waals surface area contributed by atoms with Crippen LogP contribution in [0.5, 0.6) is 0 Å². The van der Waals surface area contributed by atoms with E-state index in [0.717, 1.165) is 12.3 Å². The lowest BCUT2D eigenvalue weighted by atomic mass is 10.0. The summed E-state index contributed by atoms with van der Waals surface area (Å²) in [4.78, 5) is 4.40. The van der Waals surface area contributed by atoms with Crippen LogP contribution >= 0.6 is 11.8 Å². The van der Waals surface area contributed by atoms with Crippen LogP contribution < -0.4 is 0 Å². The zero-order valence-electron chi connectivity index (χ0n) is 16.2. The van der Waals surface area contributed by atoms with Gasteiger partial charge in [0.25, 0.3) is 0 Å². The van der Waals surface area contributed by atoms with Crippen LogP contribution in [0.2, 0.25) is 0 Å². The van der Waals surface area contributed by atoms with Gasteiger partial charge in [0, 0.05) is 6.54 Å². The third-order valence-electron chi connectivity index (χ3n) is 4.46. The Balaban J connectivity index is 2.97. The molecule has 0 aromatic rings. The van der Waals surface area contributed by atoms with Crippen LogP contribution in [0.4, 0.5) is 0 Å². The molecule has 0 aliphatic rings. The first-order valence-electron chi connectivity index (χ1n) is 10.5. The van der Waals surface area contributed by atoms with Crippen molar-refractivity contribution in [2.24, 2.45) is 4.99 Å². The number of rotatable bonds is 19. The molecule has 0 spiro atoms. The van der Waals surface area contributed by atoms with Crippen molar-refractivity contribution < 1.29 is 0 Å². The molecule has 0 aliphatic heterocycles. The predicted octanol–water partition coefficient (Wildman–Crippen LogP) is 8.03. The molecular formula is C21H43NS. The van der Waals surface area contributed by atoms with Crippen LogP contribution in [-0.2, 0) is 0 Å². The first kappa shape index (κ1) is 23.0.